The van der Waals surface area contributed by atoms with Gasteiger partial charge in [-0.1, -0.05) is 6.58 Å². The number of aromatic nitrogens is 1. The Balaban J connectivity index is 2.91. The topological polar surface area (TPSA) is 48.4 Å². The average molecular weight is 221 g/mol. The summed E-state index contributed by atoms with van der Waals surface area (Å²) in [6, 6.07) is 1.76. The monoisotopic (exact) mass is 221 g/mol. The zero-order valence-corrected chi connectivity index (χ0v) is 9.53. The molecule has 1 aromatic rings. The van der Waals surface area contributed by atoms with Crippen molar-refractivity contribution in [2.75, 3.05) is 13.7 Å². The van der Waals surface area contributed by atoms with Crippen molar-refractivity contribution in [1.82, 2.24) is 4.98 Å². The SMILES string of the molecule is C=C(OCC)c1cnccc1CC(=O)OC. The Bertz CT molecular complexity index is 388. The van der Waals surface area contributed by atoms with Gasteiger partial charge >= 0.3 is 5.97 Å². The predicted molar refractivity (Wildman–Crippen MR) is 60.6 cm³/mol. The molecule has 0 aliphatic rings. The molecule has 4 heteroatoms. The van der Waals surface area contributed by atoms with Gasteiger partial charge in [-0.2, -0.15) is 0 Å². The maximum absolute atomic E-state index is 11.2. The Morgan fingerprint density at radius 1 is 1.56 bits per heavy atom. The van der Waals surface area contributed by atoms with Crippen molar-refractivity contribution in [3.63, 3.8) is 0 Å². The van der Waals surface area contributed by atoms with Crippen LogP contribution in [0.5, 0.6) is 0 Å². The fourth-order valence-corrected chi connectivity index (χ4v) is 1.31. The molecule has 0 fully saturated rings. The van der Waals surface area contributed by atoms with Crippen LogP contribution in [0.4, 0.5) is 0 Å². The molecule has 0 radical (unpaired) electrons. The van der Waals surface area contributed by atoms with Crippen molar-refractivity contribution in [2.45, 2.75) is 13.3 Å². The number of nitrogens with zero attached hydrogens (tertiary/aromatic N) is 1. The van der Waals surface area contributed by atoms with Crippen LogP contribution in [-0.4, -0.2) is 24.7 Å². The summed E-state index contributed by atoms with van der Waals surface area (Å²) in [7, 11) is 1.36. The quantitative estimate of drug-likeness (QED) is 0.562. The largest absolute Gasteiger partial charge is 0.494 e. The van der Waals surface area contributed by atoms with Gasteiger partial charge in [0, 0.05) is 18.0 Å². The highest BCUT2D eigenvalue weighted by atomic mass is 16.5. The van der Waals surface area contributed by atoms with Gasteiger partial charge in [-0.3, -0.25) is 9.78 Å². The molecule has 0 spiro atoms. The lowest BCUT2D eigenvalue weighted by Crippen LogP contribution is -2.07. The van der Waals surface area contributed by atoms with Crippen molar-refractivity contribution in [2.24, 2.45) is 0 Å². The molecule has 1 aromatic heterocycles. The molecule has 86 valence electrons. The van der Waals surface area contributed by atoms with Crippen LogP contribution in [0.25, 0.3) is 5.76 Å². The number of hydrogen-bond donors (Lipinski definition) is 0. The number of pyridine rings is 1. The molecule has 1 rings (SSSR count). The lowest BCUT2D eigenvalue weighted by molar-refractivity contribution is -0.139. The highest BCUT2D eigenvalue weighted by Crippen LogP contribution is 2.18. The first-order valence-electron chi connectivity index (χ1n) is 5.00. The van der Waals surface area contributed by atoms with Crippen LogP contribution in [0.15, 0.2) is 25.0 Å². The van der Waals surface area contributed by atoms with Gasteiger partial charge in [0.25, 0.3) is 0 Å². The smallest absolute Gasteiger partial charge is 0.310 e. The molecular formula is C12H15NO3. The van der Waals surface area contributed by atoms with Crippen LogP contribution in [0.3, 0.4) is 0 Å². The summed E-state index contributed by atoms with van der Waals surface area (Å²) in [4.78, 5) is 15.2. The molecule has 1 heterocycles. The number of rotatable bonds is 5. The normalized spacial score (nSPS) is 9.62. The van der Waals surface area contributed by atoms with Crippen molar-refractivity contribution in [3.05, 3.63) is 36.2 Å². The van der Waals surface area contributed by atoms with E-state index < -0.39 is 0 Å². The highest BCUT2D eigenvalue weighted by Gasteiger charge is 2.10. The minimum Gasteiger partial charge on any atom is -0.494 e. The third-order valence-corrected chi connectivity index (χ3v) is 2.09. The van der Waals surface area contributed by atoms with Crippen LogP contribution in [0.2, 0.25) is 0 Å². The first kappa shape index (κ1) is 12.2. The van der Waals surface area contributed by atoms with E-state index in [0.29, 0.717) is 12.4 Å². The fourth-order valence-electron chi connectivity index (χ4n) is 1.31. The van der Waals surface area contributed by atoms with Crippen LogP contribution in [0, 0.1) is 0 Å². The summed E-state index contributed by atoms with van der Waals surface area (Å²) >= 11 is 0. The van der Waals surface area contributed by atoms with Gasteiger partial charge in [-0.25, -0.2) is 0 Å². The molecule has 0 bridgehead atoms. The number of carbonyl (C=O) groups is 1. The highest BCUT2D eigenvalue weighted by molar-refractivity contribution is 5.75. The predicted octanol–water partition coefficient (Wildman–Crippen LogP) is 1.80. The molecule has 0 N–H and O–H groups in total. The first-order valence-corrected chi connectivity index (χ1v) is 5.00. The minimum absolute atomic E-state index is 0.195. The van der Waals surface area contributed by atoms with Crippen molar-refractivity contribution < 1.29 is 14.3 Å². The number of methoxy groups -OCH3 is 1. The van der Waals surface area contributed by atoms with E-state index in [1.54, 1.807) is 18.5 Å². The second-order valence-electron chi connectivity index (χ2n) is 3.14. The Hall–Kier alpha value is -1.84. The average Bonchev–Trinajstić information content (AvgIpc) is 2.30. The van der Waals surface area contributed by atoms with Crippen molar-refractivity contribution in [3.8, 4) is 0 Å². The number of carbonyl (C=O) groups excluding carboxylic acids is 1. The molecule has 0 aromatic carbocycles. The van der Waals surface area contributed by atoms with Crippen LogP contribution in [-0.2, 0) is 20.7 Å². The number of esters is 1. The summed E-state index contributed by atoms with van der Waals surface area (Å²) in [6.07, 6.45) is 3.46. The molecular weight excluding hydrogens is 206 g/mol. The van der Waals surface area contributed by atoms with E-state index in [-0.39, 0.29) is 12.4 Å². The van der Waals surface area contributed by atoms with E-state index in [1.165, 1.54) is 7.11 Å². The van der Waals surface area contributed by atoms with Gasteiger partial charge in [0.2, 0.25) is 0 Å². The molecule has 0 aliphatic carbocycles. The van der Waals surface area contributed by atoms with Gasteiger partial charge in [-0.05, 0) is 18.6 Å². The molecule has 0 saturated heterocycles. The van der Waals surface area contributed by atoms with Gasteiger partial charge in [0.1, 0.15) is 5.76 Å². The third-order valence-electron chi connectivity index (χ3n) is 2.09. The van der Waals surface area contributed by atoms with Gasteiger partial charge in [0.05, 0.1) is 20.1 Å². The van der Waals surface area contributed by atoms with E-state index in [1.807, 2.05) is 6.92 Å². The first-order chi connectivity index (χ1) is 7.69. The van der Waals surface area contributed by atoms with E-state index in [2.05, 4.69) is 16.3 Å². The van der Waals surface area contributed by atoms with E-state index in [0.717, 1.165) is 11.1 Å². The van der Waals surface area contributed by atoms with Crippen molar-refractivity contribution in [1.29, 1.82) is 0 Å². The molecule has 16 heavy (non-hydrogen) atoms. The summed E-state index contributed by atoms with van der Waals surface area (Å²) < 4.78 is 9.92. The van der Waals surface area contributed by atoms with E-state index in [9.17, 15) is 4.79 Å². The zero-order chi connectivity index (χ0) is 12.0. The molecule has 4 nitrogen and oxygen atoms in total. The Kier molecular flexibility index (Phi) is 4.51. The fraction of sp³-hybridized carbons (Fsp3) is 0.333. The maximum Gasteiger partial charge on any atom is 0.310 e. The van der Waals surface area contributed by atoms with Crippen LogP contribution < -0.4 is 0 Å². The Morgan fingerprint density at radius 3 is 2.94 bits per heavy atom. The van der Waals surface area contributed by atoms with Gasteiger partial charge < -0.3 is 9.47 Å². The van der Waals surface area contributed by atoms with Gasteiger partial charge in [-0.15, -0.1) is 0 Å². The van der Waals surface area contributed by atoms with E-state index in [4.69, 9.17) is 4.74 Å². The van der Waals surface area contributed by atoms with Crippen LogP contribution >= 0.6 is 0 Å². The minimum atomic E-state index is -0.295. The Morgan fingerprint density at radius 2 is 2.31 bits per heavy atom. The lowest BCUT2D eigenvalue weighted by Gasteiger charge is -2.10. The summed E-state index contributed by atoms with van der Waals surface area (Å²) in [6.45, 7) is 6.20. The number of ether oxygens (including phenoxy) is 2. The molecule has 0 amide bonds. The summed E-state index contributed by atoms with van der Waals surface area (Å²) in [5.74, 6) is 0.228. The van der Waals surface area contributed by atoms with E-state index >= 15 is 0 Å². The third kappa shape index (κ3) is 3.08. The van der Waals surface area contributed by atoms with Crippen LogP contribution in [0.1, 0.15) is 18.1 Å². The lowest BCUT2D eigenvalue weighted by atomic mass is 10.1. The standard InChI is InChI=1S/C12H15NO3/c1-4-16-9(2)11-8-13-6-5-10(11)7-12(14)15-3/h5-6,8H,2,4,7H2,1,3H3. The molecule has 0 unspecified atom stereocenters. The Labute approximate surface area is 94.9 Å². The molecule has 0 aliphatic heterocycles. The second-order valence-corrected chi connectivity index (χ2v) is 3.14. The zero-order valence-electron chi connectivity index (χ0n) is 9.53. The summed E-state index contributed by atoms with van der Waals surface area (Å²) in [5.41, 5.74) is 1.55. The molecule has 0 saturated carbocycles. The maximum atomic E-state index is 11.2. The van der Waals surface area contributed by atoms with Gasteiger partial charge in [0.15, 0.2) is 0 Å². The summed E-state index contributed by atoms with van der Waals surface area (Å²) in [5, 5.41) is 0. The molecule has 0 atom stereocenters. The number of hydrogen-bond acceptors (Lipinski definition) is 4. The second kappa shape index (κ2) is 5.90. The van der Waals surface area contributed by atoms with Crippen molar-refractivity contribution >= 4 is 11.7 Å².